The first kappa shape index (κ1) is 16.1. The molecule has 1 aromatic carbocycles. The van der Waals surface area contributed by atoms with Gasteiger partial charge in [0.15, 0.2) is 0 Å². The fourth-order valence-corrected chi connectivity index (χ4v) is 1.95. The number of anilines is 2. The van der Waals surface area contributed by atoms with Crippen molar-refractivity contribution in [3.8, 4) is 5.75 Å². The molecule has 0 unspecified atom stereocenters. The van der Waals surface area contributed by atoms with Gasteiger partial charge in [-0.05, 0) is 25.5 Å². The van der Waals surface area contributed by atoms with Crippen molar-refractivity contribution in [3.63, 3.8) is 0 Å². The van der Waals surface area contributed by atoms with Gasteiger partial charge in [0, 0.05) is 20.6 Å². The van der Waals surface area contributed by atoms with E-state index in [0.29, 0.717) is 24.6 Å². The molecule has 0 atom stereocenters. The van der Waals surface area contributed by atoms with E-state index in [4.69, 9.17) is 10.5 Å². The summed E-state index contributed by atoms with van der Waals surface area (Å²) >= 11 is 0. The highest BCUT2D eigenvalue weighted by molar-refractivity contribution is 5.84. The lowest BCUT2D eigenvalue weighted by molar-refractivity contribution is -0.127. The molecule has 0 heterocycles. The number of carbonyl (C=O) groups is 1. The molecule has 0 fully saturated rings. The van der Waals surface area contributed by atoms with Gasteiger partial charge in [0.2, 0.25) is 5.91 Å². The third-order valence-corrected chi connectivity index (χ3v) is 3.00. The Kier molecular flexibility index (Phi) is 6.15. The molecule has 0 bridgehead atoms. The van der Waals surface area contributed by atoms with Crippen LogP contribution in [-0.2, 0) is 4.79 Å². The van der Waals surface area contributed by atoms with Crippen LogP contribution < -0.4 is 15.4 Å². The van der Waals surface area contributed by atoms with E-state index in [-0.39, 0.29) is 5.91 Å². The highest BCUT2D eigenvalue weighted by Gasteiger charge is 2.16. The largest absolute Gasteiger partial charge is 0.492 e. The van der Waals surface area contributed by atoms with Gasteiger partial charge in [-0.1, -0.05) is 13.0 Å². The lowest BCUT2D eigenvalue weighted by Crippen LogP contribution is -2.37. The van der Waals surface area contributed by atoms with Crippen LogP contribution in [0.5, 0.6) is 5.75 Å². The molecule has 0 saturated heterocycles. The molecule has 0 aliphatic rings. The summed E-state index contributed by atoms with van der Waals surface area (Å²) in [5, 5.41) is 0. The molecule has 1 rings (SSSR count). The maximum absolute atomic E-state index is 11.9. The zero-order chi connectivity index (χ0) is 15.1. The topological polar surface area (TPSA) is 58.8 Å². The predicted octanol–water partition coefficient (Wildman–Crippen LogP) is 1.97. The quantitative estimate of drug-likeness (QED) is 0.775. The van der Waals surface area contributed by atoms with E-state index in [2.05, 4.69) is 6.92 Å². The molecule has 112 valence electrons. The first-order valence-corrected chi connectivity index (χ1v) is 6.97. The molecule has 0 aliphatic heterocycles. The first-order chi connectivity index (χ1) is 9.51. The van der Waals surface area contributed by atoms with Crippen molar-refractivity contribution in [1.29, 1.82) is 0 Å². The maximum atomic E-state index is 11.9. The van der Waals surface area contributed by atoms with Gasteiger partial charge in [0.1, 0.15) is 5.75 Å². The van der Waals surface area contributed by atoms with E-state index in [1.807, 2.05) is 30.0 Å². The SMILES string of the molecule is CCCN(CC(=O)N(C)C)c1cccc(OCC)c1N. The number of ether oxygens (including phenoxy) is 1. The number of benzene rings is 1. The van der Waals surface area contributed by atoms with Crippen LogP contribution >= 0.6 is 0 Å². The van der Waals surface area contributed by atoms with Crippen LogP contribution in [0.4, 0.5) is 11.4 Å². The standard InChI is InChI=1S/C15H25N3O2/c1-5-10-18(11-14(19)17(3)4)12-8-7-9-13(15(12)16)20-6-2/h7-9H,5-6,10-11,16H2,1-4H3. The Balaban J connectivity index is 3.02. The summed E-state index contributed by atoms with van der Waals surface area (Å²) in [6.07, 6.45) is 0.943. The summed E-state index contributed by atoms with van der Waals surface area (Å²) in [6.45, 7) is 5.67. The van der Waals surface area contributed by atoms with Gasteiger partial charge in [-0.15, -0.1) is 0 Å². The van der Waals surface area contributed by atoms with Crippen molar-refractivity contribution in [2.45, 2.75) is 20.3 Å². The lowest BCUT2D eigenvalue weighted by atomic mass is 10.2. The first-order valence-electron chi connectivity index (χ1n) is 6.97. The summed E-state index contributed by atoms with van der Waals surface area (Å²) in [5.41, 5.74) is 7.61. The van der Waals surface area contributed by atoms with Crippen LogP contribution in [-0.4, -0.2) is 44.6 Å². The molecule has 0 radical (unpaired) electrons. The number of nitrogen functional groups attached to an aromatic ring is 1. The molecule has 1 amide bonds. The third-order valence-electron chi connectivity index (χ3n) is 3.00. The fourth-order valence-electron chi connectivity index (χ4n) is 1.95. The summed E-state index contributed by atoms with van der Waals surface area (Å²) in [5.74, 6) is 0.725. The van der Waals surface area contributed by atoms with Gasteiger partial charge in [-0.2, -0.15) is 0 Å². The van der Waals surface area contributed by atoms with Gasteiger partial charge in [0.25, 0.3) is 0 Å². The molecule has 2 N–H and O–H groups in total. The minimum absolute atomic E-state index is 0.0552. The Hall–Kier alpha value is -1.91. The average Bonchev–Trinajstić information content (AvgIpc) is 2.41. The van der Waals surface area contributed by atoms with Gasteiger partial charge in [0.05, 0.1) is 24.5 Å². The van der Waals surface area contributed by atoms with Gasteiger partial charge in [-0.25, -0.2) is 0 Å². The Bertz CT molecular complexity index is 447. The minimum atomic E-state index is 0.0552. The van der Waals surface area contributed by atoms with Crippen molar-refractivity contribution in [1.82, 2.24) is 4.90 Å². The molecule has 5 heteroatoms. The van der Waals surface area contributed by atoms with Crippen molar-refractivity contribution >= 4 is 17.3 Å². The second kappa shape index (κ2) is 7.62. The van der Waals surface area contributed by atoms with Crippen LogP contribution in [0, 0.1) is 0 Å². The van der Waals surface area contributed by atoms with Crippen molar-refractivity contribution < 1.29 is 9.53 Å². The third kappa shape index (κ3) is 4.05. The van der Waals surface area contributed by atoms with Crippen LogP contribution in [0.3, 0.4) is 0 Å². The second-order valence-corrected chi connectivity index (χ2v) is 4.83. The number of nitrogens with zero attached hydrogens (tertiary/aromatic N) is 2. The van der Waals surface area contributed by atoms with Crippen LogP contribution in [0.25, 0.3) is 0 Å². The number of para-hydroxylation sites is 1. The van der Waals surface area contributed by atoms with Gasteiger partial charge >= 0.3 is 0 Å². The average molecular weight is 279 g/mol. The molecule has 0 spiro atoms. The van der Waals surface area contributed by atoms with Gasteiger partial charge < -0.3 is 20.3 Å². The molecule has 5 nitrogen and oxygen atoms in total. The molecule has 0 aromatic heterocycles. The number of hydrogen-bond donors (Lipinski definition) is 1. The van der Waals surface area contributed by atoms with Crippen molar-refractivity contribution in [2.75, 3.05) is 44.4 Å². The van der Waals surface area contributed by atoms with E-state index in [0.717, 1.165) is 18.7 Å². The number of amides is 1. The van der Waals surface area contributed by atoms with E-state index in [1.165, 1.54) is 0 Å². The Morgan fingerprint density at radius 1 is 1.30 bits per heavy atom. The zero-order valence-corrected chi connectivity index (χ0v) is 12.8. The molecule has 1 aromatic rings. The van der Waals surface area contributed by atoms with E-state index in [1.54, 1.807) is 19.0 Å². The monoisotopic (exact) mass is 279 g/mol. The van der Waals surface area contributed by atoms with Crippen LogP contribution in [0.2, 0.25) is 0 Å². The normalized spacial score (nSPS) is 10.2. The van der Waals surface area contributed by atoms with E-state index < -0.39 is 0 Å². The number of rotatable bonds is 7. The van der Waals surface area contributed by atoms with E-state index in [9.17, 15) is 4.79 Å². The number of likely N-dealkylation sites (N-methyl/N-ethyl adjacent to an activating group) is 1. The number of nitrogens with two attached hydrogens (primary N) is 1. The number of hydrogen-bond acceptors (Lipinski definition) is 4. The van der Waals surface area contributed by atoms with Crippen molar-refractivity contribution in [3.05, 3.63) is 18.2 Å². The second-order valence-electron chi connectivity index (χ2n) is 4.83. The molecule has 0 saturated carbocycles. The smallest absolute Gasteiger partial charge is 0.241 e. The lowest BCUT2D eigenvalue weighted by Gasteiger charge is -2.27. The summed E-state index contributed by atoms with van der Waals surface area (Å²) in [6, 6.07) is 5.68. The Labute approximate surface area is 121 Å². The van der Waals surface area contributed by atoms with Crippen LogP contribution in [0.1, 0.15) is 20.3 Å². The molecular weight excluding hydrogens is 254 g/mol. The Morgan fingerprint density at radius 3 is 2.55 bits per heavy atom. The number of carbonyl (C=O) groups excluding carboxylic acids is 1. The maximum Gasteiger partial charge on any atom is 0.241 e. The highest BCUT2D eigenvalue weighted by Crippen LogP contribution is 2.32. The van der Waals surface area contributed by atoms with Gasteiger partial charge in [-0.3, -0.25) is 4.79 Å². The summed E-state index contributed by atoms with van der Waals surface area (Å²) < 4.78 is 5.51. The molecule has 20 heavy (non-hydrogen) atoms. The highest BCUT2D eigenvalue weighted by atomic mass is 16.5. The summed E-state index contributed by atoms with van der Waals surface area (Å²) in [7, 11) is 3.51. The molecular formula is C15H25N3O2. The fraction of sp³-hybridized carbons (Fsp3) is 0.533. The van der Waals surface area contributed by atoms with E-state index >= 15 is 0 Å². The Morgan fingerprint density at radius 2 is 2.00 bits per heavy atom. The molecule has 0 aliphatic carbocycles. The summed E-state index contributed by atoms with van der Waals surface area (Å²) in [4.78, 5) is 15.5. The predicted molar refractivity (Wildman–Crippen MR) is 83.2 cm³/mol. The minimum Gasteiger partial charge on any atom is -0.492 e. The zero-order valence-electron chi connectivity index (χ0n) is 12.8. The van der Waals surface area contributed by atoms with Crippen LogP contribution in [0.15, 0.2) is 18.2 Å². The van der Waals surface area contributed by atoms with Crippen molar-refractivity contribution in [2.24, 2.45) is 0 Å².